The Bertz CT molecular complexity index is 488. The third-order valence-electron chi connectivity index (χ3n) is 3.48. The number of esters is 1. The van der Waals surface area contributed by atoms with Gasteiger partial charge in [-0.05, 0) is 24.1 Å². The quantitative estimate of drug-likeness (QED) is 0.868. The Balaban J connectivity index is 1.91. The van der Waals surface area contributed by atoms with Crippen LogP contribution in [-0.4, -0.2) is 31.2 Å². The van der Waals surface area contributed by atoms with Gasteiger partial charge in [-0.25, -0.2) is 10.4 Å². The van der Waals surface area contributed by atoms with Crippen LogP contribution in [0.4, 0.5) is 13.2 Å². The van der Waals surface area contributed by atoms with Crippen molar-refractivity contribution < 1.29 is 22.7 Å². The molecule has 1 saturated heterocycles. The Hall–Kier alpha value is -1.60. The first-order valence-corrected chi connectivity index (χ1v) is 6.65. The van der Waals surface area contributed by atoms with E-state index in [-0.39, 0.29) is 18.4 Å². The number of methoxy groups -OCH3 is 1. The second kappa shape index (κ2) is 6.44. The first kappa shape index (κ1) is 15.8. The zero-order valence-electron chi connectivity index (χ0n) is 11.6. The van der Waals surface area contributed by atoms with Gasteiger partial charge in [0.2, 0.25) is 0 Å². The largest absolute Gasteiger partial charge is 0.469 e. The molecule has 1 aliphatic rings. The van der Waals surface area contributed by atoms with Crippen molar-refractivity contribution in [3.8, 4) is 0 Å². The van der Waals surface area contributed by atoms with E-state index in [1.807, 2.05) is 5.01 Å². The Morgan fingerprint density at radius 1 is 1.38 bits per heavy atom. The second-order valence-electron chi connectivity index (χ2n) is 4.90. The van der Waals surface area contributed by atoms with Crippen LogP contribution in [0.2, 0.25) is 0 Å². The fourth-order valence-corrected chi connectivity index (χ4v) is 2.28. The number of nitrogens with zero attached hydrogens (tertiary/aromatic N) is 1. The number of hydrogen-bond donors (Lipinski definition) is 1. The maximum absolute atomic E-state index is 12.5. The number of alkyl halides is 3. The molecule has 4 nitrogen and oxygen atoms in total. The predicted molar refractivity (Wildman–Crippen MR) is 70.1 cm³/mol. The van der Waals surface area contributed by atoms with Gasteiger partial charge in [0, 0.05) is 19.1 Å². The molecule has 21 heavy (non-hydrogen) atoms. The van der Waals surface area contributed by atoms with Gasteiger partial charge in [-0.2, -0.15) is 13.2 Å². The summed E-state index contributed by atoms with van der Waals surface area (Å²) in [6.45, 7) is 1.26. The monoisotopic (exact) mass is 302 g/mol. The van der Waals surface area contributed by atoms with Crippen molar-refractivity contribution in [2.45, 2.75) is 25.1 Å². The van der Waals surface area contributed by atoms with E-state index in [1.54, 1.807) is 0 Å². The van der Waals surface area contributed by atoms with Crippen molar-refractivity contribution in [1.82, 2.24) is 10.4 Å². The van der Waals surface area contributed by atoms with Gasteiger partial charge in [0.15, 0.2) is 0 Å². The van der Waals surface area contributed by atoms with E-state index in [0.29, 0.717) is 6.54 Å². The lowest BCUT2D eigenvalue weighted by molar-refractivity contribution is -0.141. The molecule has 0 aromatic heterocycles. The number of halogens is 3. The van der Waals surface area contributed by atoms with Gasteiger partial charge >= 0.3 is 12.1 Å². The van der Waals surface area contributed by atoms with Crippen molar-refractivity contribution in [1.29, 1.82) is 0 Å². The zero-order chi connectivity index (χ0) is 15.5. The van der Waals surface area contributed by atoms with Gasteiger partial charge in [-0.15, -0.1) is 0 Å². The fraction of sp³-hybridized carbons (Fsp3) is 0.500. The molecule has 1 fully saturated rings. The number of benzene rings is 1. The maximum atomic E-state index is 12.5. The fourth-order valence-electron chi connectivity index (χ4n) is 2.28. The van der Waals surface area contributed by atoms with E-state index in [9.17, 15) is 18.0 Å². The third-order valence-corrected chi connectivity index (χ3v) is 3.48. The standard InChI is InChI=1S/C14H17F3N2O2/c1-21-13(20)7-9-19-8-6-12(18-19)10-2-4-11(5-3-10)14(15,16)17/h2-5,12,18H,6-9H2,1H3. The average Bonchev–Trinajstić information content (AvgIpc) is 2.93. The van der Waals surface area contributed by atoms with Crippen molar-refractivity contribution >= 4 is 5.97 Å². The molecule has 7 heteroatoms. The summed E-state index contributed by atoms with van der Waals surface area (Å²) in [6, 6.07) is 5.14. The minimum atomic E-state index is -4.31. The van der Waals surface area contributed by atoms with E-state index in [0.717, 1.165) is 30.7 Å². The average molecular weight is 302 g/mol. The molecule has 0 radical (unpaired) electrons. The highest BCUT2D eigenvalue weighted by molar-refractivity contribution is 5.69. The summed E-state index contributed by atoms with van der Waals surface area (Å²) in [4.78, 5) is 11.1. The van der Waals surface area contributed by atoms with Crippen LogP contribution in [0, 0.1) is 0 Å². The number of carbonyl (C=O) groups excluding carboxylic acids is 1. The smallest absolute Gasteiger partial charge is 0.416 e. The van der Waals surface area contributed by atoms with Gasteiger partial charge in [-0.1, -0.05) is 12.1 Å². The zero-order valence-corrected chi connectivity index (χ0v) is 11.6. The molecule has 1 unspecified atom stereocenters. The van der Waals surface area contributed by atoms with Crippen molar-refractivity contribution in [2.24, 2.45) is 0 Å². The number of hydrogen-bond acceptors (Lipinski definition) is 4. The van der Waals surface area contributed by atoms with Crippen LogP contribution in [0.3, 0.4) is 0 Å². The summed E-state index contributed by atoms with van der Waals surface area (Å²) >= 11 is 0. The van der Waals surface area contributed by atoms with E-state index in [2.05, 4.69) is 10.2 Å². The number of nitrogens with one attached hydrogen (secondary N) is 1. The molecule has 0 bridgehead atoms. The normalized spacial score (nSPS) is 19.7. The first-order valence-electron chi connectivity index (χ1n) is 6.65. The molecule has 116 valence electrons. The third kappa shape index (κ3) is 4.18. The highest BCUT2D eigenvalue weighted by Crippen LogP contribution is 2.31. The highest BCUT2D eigenvalue weighted by atomic mass is 19.4. The number of carbonyl (C=O) groups is 1. The van der Waals surface area contributed by atoms with Crippen LogP contribution in [-0.2, 0) is 15.7 Å². The topological polar surface area (TPSA) is 41.6 Å². The second-order valence-corrected chi connectivity index (χ2v) is 4.90. The lowest BCUT2D eigenvalue weighted by Gasteiger charge is -2.17. The minimum absolute atomic E-state index is 0.0232. The Kier molecular flexibility index (Phi) is 4.84. The summed E-state index contributed by atoms with van der Waals surface area (Å²) in [5.41, 5.74) is 3.35. The number of rotatable bonds is 4. The lowest BCUT2D eigenvalue weighted by Crippen LogP contribution is -2.34. The number of hydrazine groups is 1. The van der Waals surface area contributed by atoms with E-state index >= 15 is 0 Å². The molecular weight excluding hydrogens is 285 g/mol. The van der Waals surface area contributed by atoms with Crippen molar-refractivity contribution in [2.75, 3.05) is 20.2 Å². The van der Waals surface area contributed by atoms with Crippen molar-refractivity contribution in [3.63, 3.8) is 0 Å². The van der Waals surface area contributed by atoms with Gasteiger partial charge in [0.05, 0.1) is 19.1 Å². The van der Waals surface area contributed by atoms with Crippen LogP contribution in [0.25, 0.3) is 0 Å². The lowest BCUT2D eigenvalue weighted by atomic mass is 10.0. The summed E-state index contributed by atoms with van der Waals surface area (Å²) in [6.07, 6.45) is -3.25. The highest BCUT2D eigenvalue weighted by Gasteiger charge is 2.31. The Morgan fingerprint density at radius 2 is 2.05 bits per heavy atom. The van der Waals surface area contributed by atoms with Gasteiger partial charge in [-0.3, -0.25) is 4.79 Å². The minimum Gasteiger partial charge on any atom is -0.469 e. The summed E-state index contributed by atoms with van der Waals surface area (Å²) in [7, 11) is 1.34. The van der Waals surface area contributed by atoms with Gasteiger partial charge in [0.1, 0.15) is 0 Å². The molecule has 1 atom stereocenters. The Labute approximate surface area is 120 Å². The molecule has 1 aliphatic heterocycles. The molecule has 0 spiro atoms. The van der Waals surface area contributed by atoms with Crippen LogP contribution >= 0.6 is 0 Å². The summed E-state index contributed by atoms with van der Waals surface area (Å²) < 4.78 is 42.1. The van der Waals surface area contributed by atoms with Crippen LogP contribution in [0.15, 0.2) is 24.3 Å². The van der Waals surface area contributed by atoms with E-state index in [1.165, 1.54) is 19.2 Å². The Morgan fingerprint density at radius 3 is 2.62 bits per heavy atom. The molecule has 1 aromatic carbocycles. The summed E-state index contributed by atoms with van der Waals surface area (Å²) in [5.74, 6) is -0.283. The maximum Gasteiger partial charge on any atom is 0.416 e. The molecule has 1 heterocycles. The van der Waals surface area contributed by atoms with Gasteiger partial charge in [0.25, 0.3) is 0 Å². The van der Waals surface area contributed by atoms with Crippen LogP contribution in [0.1, 0.15) is 30.0 Å². The molecule has 2 rings (SSSR count). The van der Waals surface area contributed by atoms with E-state index in [4.69, 9.17) is 0 Å². The molecule has 1 N–H and O–H groups in total. The van der Waals surface area contributed by atoms with Crippen molar-refractivity contribution in [3.05, 3.63) is 35.4 Å². The first-order chi connectivity index (χ1) is 9.90. The SMILES string of the molecule is COC(=O)CCN1CCC(c2ccc(C(F)(F)F)cc2)N1. The molecule has 0 amide bonds. The molecule has 0 saturated carbocycles. The molecular formula is C14H17F3N2O2. The van der Waals surface area contributed by atoms with Crippen LogP contribution < -0.4 is 5.43 Å². The molecule has 0 aliphatic carbocycles. The number of ether oxygens (including phenoxy) is 1. The van der Waals surface area contributed by atoms with E-state index < -0.39 is 11.7 Å². The summed E-state index contributed by atoms with van der Waals surface area (Å²) in [5, 5.41) is 1.89. The van der Waals surface area contributed by atoms with Crippen LogP contribution in [0.5, 0.6) is 0 Å². The molecule has 1 aromatic rings. The predicted octanol–water partition coefficient (Wildman–Crippen LogP) is 2.52. The van der Waals surface area contributed by atoms with Gasteiger partial charge < -0.3 is 4.74 Å².